The van der Waals surface area contributed by atoms with Crippen LogP contribution in [0, 0.1) is 0 Å². The topological polar surface area (TPSA) is 46.6 Å². The molecule has 0 spiro atoms. The summed E-state index contributed by atoms with van der Waals surface area (Å²) >= 11 is 6.19. The van der Waals surface area contributed by atoms with Gasteiger partial charge in [-0.1, -0.05) is 29.8 Å². The molecule has 0 aliphatic carbocycles. The molecule has 0 amide bonds. The van der Waals surface area contributed by atoms with Crippen LogP contribution < -0.4 is 0 Å². The molecule has 1 aromatic carbocycles. The number of ether oxygens (including phenoxy) is 1. The number of likely N-dealkylation sites (tertiary alicyclic amines) is 1. The zero-order valence-corrected chi connectivity index (χ0v) is 12.9. The van der Waals surface area contributed by atoms with E-state index in [1.54, 1.807) is 6.07 Å². The Balaban J connectivity index is 2.05. The Morgan fingerprint density at radius 3 is 2.86 bits per heavy atom. The van der Waals surface area contributed by atoms with Crippen LogP contribution in [0.5, 0.6) is 0 Å². The molecule has 2 rings (SSSR count). The van der Waals surface area contributed by atoms with Crippen LogP contribution in [-0.2, 0) is 14.3 Å². The van der Waals surface area contributed by atoms with E-state index in [0.717, 1.165) is 18.5 Å². The number of carbonyl (C=O) groups is 2. The predicted molar refractivity (Wildman–Crippen MR) is 81.5 cm³/mol. The zero-order chi connectivity index (χ0) is 15.2. The van der Waals surface area contributed by atoms with Crippen LogP contribution in [0.2, 0.25) is 5.02 Å². The number of ketones is 1. The van der Waals surface area contributed by atoms with Crippen LogP contribution in [0.15, 0.2) is 24.3 Å². The maximum Gasteiger partial charge on any atom is 0.313 e. The third kappa shape index (κ3) is 4.29. The summed E-state index contributed by atoms with van der Waals surface area (Å²) in [4.78, 5) is 25.6. The van der Waals surface area contributed by atoms with Gasteiger partial charge in [0.25, 0.3) is 0 Å². The molecule has 0 radical (unpaired) electrons. The molecule has 1 saturated heterocycles. The van der Waals surface area contributed by atoms with Gasteiger partial charge in [0.15, 0.2) is 0 Å². The highest BCUT2D eigenvalue weighted by molar-refractivity contribution is 6.31. The third-order valence-corrected chi connectivity index (χ3v) is 4.17. The Labute approximate surface area is 130 Å². The molecule has 1 aromatic rings. The molecule has 1 aliphatic rings. The van der Waals surface area contributed by atoms with Crippen LogP contribution in [0.25, 0.3) is 0 Å². The van der Waals surface area contributed by atoms with Crippen molar-refractivity contribution in [1.29, 1.82) is 0 Å². The monoisotopic (exact) mass is 309 g/mol. The average Bonchev–Trinajstić information content (AvgIpc) is 2.49. The first-order valence-corrected chi connectivity index (χ1v) is 7.56. The Morgan fingerprint density at radius 1 is 1.43 bits per heavy atom. The minimum Gasteiger partial charge on any atom is -0.469 e. The summed E-state index contributed by atoms with van der Waals surface area (Å²) in [6.07, 6.45) is 2.17. The molecule has 4 nitrogen and oxygen atoms in total. The molecule has 1 aliphatic heterocycles. The fourth-order valence-corrected chi connectivity index (χ4v) is 2.98. The molecule has 1 fully saturated rings. The number of esters is 1. The fraction of sp³-hybridized carbons (Fsp3) is 0.500. The number of methoxy groups -OCH3 is 1. The van der Waals surface area contributed by atoms with Crippen LogP contribution in [0.3, 0.4) is 0 Å². The second-order valence-corrected chi connectivity index (χ2v) is 5.71. The van der Waals surface area contributed by atoms with Gasteiger partial charge >= 0.3 is 5.97 Å². The number of hydrogen-bond acceptors (Lipinski definition) is 4. The van der Waals surface area contributed by atoms with Crippen molar-refractivity contribution in [2.75, 3.05) is 26.7 Å². The van der Waals surface area contributed by atoms with E-state index >= 15 is 0 Å². The largest absolute Gasteiger partial charge is 0.469 e. The summed E-state index contributed by atoms with van der Waals surface area (Å²) < 4.78 is 4.90. The number of piperidine rings is 1. The highest BCUT2D eigenvalue weighted by Crippen LogP contribution is 2.28. The van der Waals surface area contributed by atoms with E-state index in [1.165, 1.54) is 7.11 Å². The van der Waals surface area contributed by atoms with Crippen LogP contribution in [-0.4, -0.2) is 43.4 Å². The van der Waals surface area contributed by atoms with E-state index in [-0.39, 0.29) is 17.7 Å². The molecule has 21 heavy (non-hydrogen) atoms. The minimum absolute atomic E-state index is 0.272. The molecule has 0 aromatic heterocycles. The standard InChI is InChI=1S/C16H20ClNO3/c1-21-16(20)14(13-6-2-3-7-15(13)17)8-10-18-9-4-5-12(19)11-18/h2-3,6-7,14H,4-5,8-11H2,1H3. The molecule has 0 N–H and O–H groups in total. The minimum atomic E-state index is -0.388. The lowest BCUT2D eigenvalue weighted by molar-refractivity contribution is -0.142. The van der Waals surface area contributed by atoms with Gasteiger partial charge in [-0.3, -0.25) is 14.5 Å². The van der Waals surface area contributed by atoms with Crippen molar-refractivity contribution >= 4 is 23.4 Å². The van der Waals surface area contributed by atoms with Crippen molar-refractivity contribution < 1.29 is 14.3 Å². The zero-order valence-electron chi connectivity index (χ0n) is 12.2. The van der Waals surface area contributed by atoms with Gasteiger partial charge in [-0.25, -0.2) is 0 Å². The second kappa shape index (κ2) is 7.57. The highest BCUT2D eigenvalue weighted by atomic mass is 35.5. The van der Waals surface area contributed by atoms with Gasteiger partial charge in [0.2, 0.25) is 0 Å². The lowest BCUT2D eigenvalue weighted by atomic mass is 9.95. The summed E-state index contributed by atoms with van der Waals surface area (Å²) in [6.45, 7) is 2.08. The van der Waals surface area contributed by atoms with E-state index in [1.807, 2.05) is 18.2 Å². The predicted octanol–water partition coefficient (Wildman–Crippen LogP) is 2.65. The number of Topliss-reactive ketones (excluding diaryl/α,β-unsaturated/α-hetero) is 1. The Kier molecular flexibility index (Phi) is 5.76. The van der Waals surface area contributed by atoms with Crippen molar-refractivity contribution in [3.05, 3.63) is 34.9 Å². The summed E-state index contributed by atoms with van der Waals surface area (Å²) in [5, 5.41) is 0.572. The van der Waals surface area contributed by atoms with Gasteiger partial charge < -0.3 is 4.74 Å². The quantitative estimate of drug-likeness (QED) is 0.785. The van der Waals surface area contributed by atoms with Gasteiger partial charge in [-0.05, 0) is 37.6 Å². The number of carbonyl (C=O) groups excluding carboxylic acids is 2. The lowest BCUT2D eigenvalue weighted by Gasteiger charge is -2.27. The van der Waals surface area contributed by atoms with E-state index in [0.29, 0.717) is 31.0 Å². The van der Waals surface area contributed by atoms with Crippen molar-refractivity contribution in [1.82, 2.24) is 4.90 Å². The molecule has 1 unspecified atom stereocenters. The number of hydrogen-bond donors (Lipinski definition) is 0. The Bertz CT molecular complexity index is 518. The molecule has 5 heteroatoms. The Morgan fingerprint density at radius 2 is 2.19 bits per heavy atom. The molecule has 0 bridgehead atoms. The van der Waals surface area contributed by atoms with Gasteiger partial charge in [0.05, 0.1) is 19.6 Å². The van der Waals surface area contributed by atoms with Crippen molar-refractivity contribution in [2.24, 2.45) is 0 Å². The second-order valence-electron chi connectivity index (χ2n) is 5.30. The van der Waals surface area contributed by atoms with Crippen molar-refractivity contribution in [3.8, 4) is 0 Å². The van der Waals surface area contributed by atoms with Crippen LogP contribution in [0.1, 0.15) is 30.7 Å². The average molecular weight is 310 g/mol. The highest BCUT2D eigenvalue weighted by Gasteiger charge is 2.25. The SMILES string of the molecule is COC(=O)C(CCN1CCCC(=O)C1)c1ccccc1Cl. The summed E-state index contributed by atoms with van der Waals surface area (Å²) in [5.41, 5.74) is 0.786. The summed E-state index contributed by atoms with van der Waals surface area (Å²) in [7, 11) is 1.39. The van der Waals surface area contributed by atoms with Gasteiger partial charge in [0.1, 0.15) is 5.78 Å². The maximum atomic E-state index is 12.0. The smallest absolute Gasteiger partial charge is 0.313 e. The van der Waals surface area contributed by atoms with E-state index in [4.69, 9.17) is 16.3 Å². The molecular weight excluding hydrogens is 290 g/mol. The molecule has 1 heterocycles. The number of rotatable bonds is 5. The summed E-state index contributed by atoms with van der Waals surface area (Å²) in [5.74, 6) is -0.402. The Hall–Kier alpha value is -1.39. The number of halogens is 1. The molecule has 114 valence electrons. The molecule has 0 saturated carbocycles. The normalized spacial score (nSPS) is 17.5. The first-order chi connectivity index (χ1) is 10.1. The molecule has 1 atom stereocenters. The van der Waals surface area contributed by atoms with E-state index in [2.05, 4.69) is 4.90 Å². The summed E-state index contributed by atoms with van der Waals surface area (Å²) in [6, 6.07) is 7.33. The maximum absolute atomic E-state index is 12.0. The molecular formula is C16H20ClNO3. The van der Waals surface area contributed by atoms with E-state index in [9.17, 15) is 9.59 Å². The van der Waals surface area contributed by atoms with Gasteiger partial charge in [0, 0.05) is 11.4 Å². The van der Waals surface area contributed by atoms with Gasteiger partial charge in [-0.2, -0.15) is 0 Å². The number of benzene rings is 1. The lowest BCUT2D eigenvalue weighted by Crippen LogP contribution is -2.37. The fourth-order valence-electron chi connectivity index (χ4n) is 2.71. The van der Waals surface area contributed by atoms with Crippen molar-refractivity contribution in [2.45, 2.75) is 25.2 Å². The first-order valence-electron chi connectivity index (χ1n) is 7.18. The number of nitrogens with zero attached hydrogens (tertiary/aromatic N) is 1. The first kappa shape index (κ1) is 16.0. The van der Waals surface area contributed by atoms with E-state index < -0.39 is 0 Å². The third-order valence-electron chi connectivity index (χ3n) is 3.83. The van der Waals surface area contributed by atoms with Gasteiger partial charge in [-0.15, -0.1) is 0 Å². The van der Waals surface area contributed by atoms with Crippen LogP contribution >= 0.6 is 11.6 Å². The van der Waals surface area contributed by atoms with Crippen molar-refractivity contribution in [3.63, 3.8) is 0 Å². The van der Waals surface area contributed by atoms with Crippen LogP contribution in [0.4, 0.5) is 0 Å².